The molecule has 9 heteroatoms. The first kappa shape index (κ1) is 22.3. The molecule has 0 aliphatic carbocycles. The highest BCUT2D eigenvalue weighted by Gasteiger charge is 2.36. The van der Waals surface area contributed by atoms with Gasteiger partial charge in [0.05, 0.1) is 17.5 Å². The number of fused-ring (bicyclic) bond motifs is 3. The van der Waals surface area contributed by atoms with Crippen LogP contribution in [-0.2, 0) is 11.4 Å². The molecule has 0 fully saturated rings. The van der Waals surface area contributed by atoms with Crippen molar-refractivity contribution in [3.05, 3.63) is 94.9 Å². The SMILES string of the molecule is N#CC(C(=O)Nc1ccc(F)cc1)C(=O)c1nn(-c2ccccc2)c2c1COc1ccc(Cl)cc1-2. The van der Waals surface area contributed by atoms with Gasteiger partial charge < -0.3 is 10.1 Å². The summed E-state index contributed by atoms with van der Waals surface area (Å²) in [6.45, 7) is 0.0234. The molecule has 35 heavy (non-hydrogen) atoms. The summed E-state index contributed by atoms with van der Waals surface area (Å²) < 4.78 is 20.6. The summed E-state index contributed by atoms with van der Waals surface area (Å²) in [6, 6.07) is 21.1. The maximum absolute atomic E-state index is 13.5. The van der Waals surface area contributed by atoms with E-state index in [2.05, 4.69) is 10.4 Å². The Balaban J connectivity index is 1.58. The third kappa shape index (κ3) is 4.14. The monoisotopic (exact) mass is 486 g/mol. The topological polar surface area (TPSA) is 97.0 Å². The van der Waals surface area contributed by atoms with Crippen molar-refractivity contribution in [2.75, 3.05) is 5.32 Å². The largest absolute Gasteiger partial charge is 0.488 e. The summed E-state index contributed by atoms with van der Waals surface area (Å²) in [5.41, 5.74) is 2.57. The second-order valence-corrected chi connectivity index (χ2v) is 8.21. The summed E-state index contributed by atoms with van der Waals surface area (Å²) in [4.78, 5) is 26.3. The molecular weight excluding hydrogens is 471 g/mol. The Morgan fingerprint density at radius 3 is 2.57 bits per heavy atom. The molecule has 0 radical (unpaired) electrons. The number of rotatable bonds is 5. The van der Waals surface area contributed by atoms with E-state index in [1.54, 1.807) is 29.0 Å². The van der Waals surface area contributed by atoms with Gasteiger partial charge in [0.25, 0.3) is 0 Å². The van der Waals surface area contributed by atoms with Crippen molar-refractivity contribution in [3.63, 3.8) is 0 Å². The highest BCUT2D eigenvalue weighted by Crippen LogP contribution is 2.41. The second-order valence-electron chi connectivity index (χ2n) is 7.77. The zero-order valence-corrected chi connectivity index (χ0v) is 18.8. The van der Waals surface area contributed by atoms with E-state index in [1.165, 1.54) is 12.1 Å². The van der Waals surface area contributed by atoms with Crippen molar-refractivity contribution >= 4 is 29.0 Å². The fourth-order valence-corrected chi connectivity index (χ4v) is 4.07. The van der Waals surface area contributed by atoms with E-state index in [9.17, 15) is 19.2 Å². The van der Waals surface area contributed by atoms with Crippen LogP contribution in [0.25, 0.3) is 16.9 Å². The van der Waals surface area contributed by atoms with Crippen LogP contribution in [0.1, 0.15) is 16.1 Å². The molecule has 1 aliphatic heterocycles. The number of amides is 1. The summed E-state index contributed by atoms with van der Waals surface area (Å²) in [5.74, 6) is -3.19. The number of carbonyl (C=O) groups is 2. The number of para-hydroxylation sites is 1. The Bertz CT molecular complexity index is 1490. The van der Waals surface area contributed by atoms with Crippen molar-refractivity contribution in [1.29, 1.82) is 5.26 Å². The molecule has 1 aromatic heterocycles. The smallest absolute Gasteiger partial charge is 0.249 e. The number of aromatic nitrogens is 2. The average Bonchev–Trinajstić information content (AvgIpc) is 3.26. The molecular formula is C26H16ClFN4O3. The number of nitriles is 1. The van der Waals surface area contributed by atoms with E-state index in [1.807, 2.05) is 30.3 Å². The minimum atomic E-state index is -1.68. The first-order chi connectivity index (χ1) is 17.0. The van der Waals surface area contributed by atoms with E-state index in [0.717, 1.165) is 12.1 Å². The number of carbonyl (C=O) groups excluding carboxylic acids is 2. The van der Waals surface area contributed by atoms with E-state index < -0.39 is 23.4 Å². The van der Waals surface area contributed by atoms with Crippen LogP contribution in [0.3, 0.4) is 0 Å². The van der Waals surface area contributed by atoms with Gasteiger partial charge in [0.15, 0.2) is 5.92 Å². The van der Waals surface area contributed by atoms with Gasteiger partial charge in [-0.2, -0.15) is 10.4 Å². The first-order valence-electron chi connectivity index (χ1n) is 10.6. The normalized spacial score (nSPS) is 12.5. The standard InChI is InChI=1S/C26H16ClFN4O3/c27-15-6-11-22-19(12-15)24-21(14-35-22)23(31-32(24)18-4-2-1-3-5-18)25(33)20(13-29)26(34)30-17-9-7-16(28)8-10-17/h1-12,20H,14H2,(H,30,34). The molecule has 1 aliphatic rings. The lowest BCUT2D eigenvalue weighted by atomic mass is 9.96. The number of ether oxygens (including phenoxy) is 1. The van der Waals surface area contributed by atoms with Gasteiger partial charge in [-0.15, -0.1) is 0 Å². The number of benzene rings is 3. The van der Waals surface area contributed by atoms with Crippen LogP contribution in [0, 0.1) is 23.1 Å². The summed E-state index contributed by atoms with van der Waals surface area (Å²) in [7, 11) is 0. The van der Waals surface area contributed by atoms with Gasteiger partial charge in [-0.25, -0.2) is 9.07 Å². The molecule has 4 aromatic rings. The molecule has 2 heterocycles. The lowest BCUT2D eigenvalue weighted by Crippen LogP contribution is -2.29. The predicted octanol–water partition coefficient (Wildman–Crippen LogP) is 5.19. The summed E-state index contributed by atoms with van der Waals surface area (Å²) in [5, 5.41) is 17.2. The van der Waals surface area contributed by atoms with Gasteiger partial charge in [0.1, 0.15) is 23.9 Å². The van der Waals surface area contributed by atoms with E-state index in [0.29, 0.717) is 33.3 Å². The fourth-order valence-electron chi connectivity index (χ4n) is 3.90. The predicted molar refractivity (Wildman–Crippen MR) is 127 cm³/mol. The number of anilines is 1. The van der Waals surface area contributed by atoms with Crippen molar-refractivity contribution in [1.82, 2.24) is 9.78 Å². The van der Waals surface area contributed by atoms with Gasteiger partial charge >= 0.3 is 0 Å². The minimum Gasteiger partial charge on any atom is -0.488 e. The number of nitrogens with zero attached hydrogens (tertiary/aromatic N) is 3. The second kappa shape index (κ2) is 9.05. The molecule has 5 rings (SSSR count). The summed E-state index contributed by atoms with van der Waals surface area (Å²) in [6.07, 6.45) is 0. The van der Waals surface area contributed by atoms with Gasteiger partial charge in [-0.3, -0.25) is 9.59 Å². The maximum atomic E-state index is 13.5. The average molecular weight is 487 g/mol. The molecule has 1 N–H and O–H groups in total. The van der Waals surface area contributed by atoms with Crippen LogP contribution in [0.5, 0.6) is 5.75 Å². The Morgan fingerprint density at radius 2 is 1.86 bits per heavy atom. The van der Waals surface area contributed by atoms with E-state index in [4.69, 9.17) is 16.3 Å². The lowest BCUT2D eigenvalue weighted by molar-refractivity contribution is -0.117. The van der Waals surface area contributed by atoms with Crippen molar-refractivity contribution < 1.29 is 18.7 Å². The minimum absolute atomic E-state index is 0.0234. The van der Waals surface area contributed by atoms with Crippen LogP contribution in [0.4, 0.5) is 10.1 Å². The van der Waals surface area contributed by atoms with Gasteiger partial charge in [-0.05, 0) is 54.6 Å². The Kier molecular flexibility index (Phi) is 5.77. The van der Waals surface area contributed by atoms with Crippen LogP contribution in [-0.4, -0.2) is 21.5 Å². The molecule has 0 saturated heterocycles. The quantitative estimate of drug-likeness (QED) is 0.309. The number of halogens is 2. The summed E-state index contributed by atoms with van der Waals surface area (Å²) >= 11 is 6.24. The molecule has 0 spiro atoms. The van der Waals surface area contributed by atoms with E-state index >= 15 is 0 Å². The fraction of sp³-hybridized carbons (Fsp3) is 0.0769. The third-order valence-corrected chi connectivity index (χ3v) is 5.79. The highest BCUT2D eigenvalue weighted by atomic mass is 35.5. The molecule has 1 atom stereocenters. The molecule has 7 nitrogen and oxygen atoms in total. The van der Waals surface area contributed by atoms with Crippen molar-refractivity contribution in [2.24, 2.45) is 5.92 Å². The van der Waals surface area contributed by atoms with Crippen molar-refractivity contribution in [3.8, 4) is 28.8 Å². The van der Waals surface area contributed by atoms with Crippen LogP contribution >= 0.6 is 11.6 Å². The molecule has 172 valence electrons. The maximum Gasteiger partial charge on any atom is 0.249 e. The number of Topliss-reactive ketones (excluding diaryl/α,β-unsaturated/α-hetero) is 1. The Morgan fingerprint density at radius 1 is 1.11 bits per heavy atom. The van der Waals surface area contributed by atoms with Crippen LogP contribution in [0.15, 0.2) is 72.8 Å². The number of nitrogens with one attached hydrogen (secondary N) is 1. The molecule has 0 bridgehead atoms. The number of hydrogen-bond donors (Lipinski definition) is 1. The number of ketones is 1. The first-order valence-corrected chi connectivity index (χ1v) is 10.9. The third-order valence-electron chi connectivity index (χ3n) is 5.55. The van der Waals surface area contributed by atoms with Crippen molar-refractivity contribution in [2.45, 2.75) is 6.61 Å². The highest BCUT2D eigenvalue weighted by molar-refractivity contribution is 6.31. The molecule has 1 unspecified atom stereocenters. The number of hydrogen-bond acceptors (Lipinski definition) is 5. The van der Waals surface area contributed by atoms with Crippen LogP contribution < -0.4 is 10.1 Å². The molecule has 3 aromatic carbocycles. The lowest BCUT2D eigenvalue weighted by Gasteiger charge is -2.20. The molecule has 0 saturated carbocycles. The zero-order chi connectivity index (χ0) is 24.5. The Labute approximate surface area is 204 Å². The van der Waals surface area contributed by atoms with Gasteiger partial charge in [-0.1, -0.05) is 29.8 Å². The van der Waals surface area contributed by atoms with Gasteiger partial charge in [0, 0.05) is 21.8 Å². The molecule has 1 amide bonds. The zero-order valence-electron chi connectivity index (χ0n) is 18.0. The van der Waals surface area contributed by atoms with E-state index in [-0.39, 0.29) is 18.0 Å². The van der Waals surface area contributed by atoms with Gasteiger partial charge in [0.2, 0.25) is 11.7 Å². The van der Waals surface area contributed by atoms with Crippen LogP contribution in [0.2, 0.25) is 5.02 Å². The Hall–Kier alpha value is -4.48.